The molecule has 0 spiro atoms. The number of benzene rings is 1. The molecule has 1 amide bonds. The smallest absolute Gasteiger partial charge is 0.307 e. The van der Waals surface area contributed by atoms with Crippen LogP contribution in [0.4, 0.5) is 5.69 Å². The summed E-state index contributed by atoms with van der Waals surface area (Å²) in [4.78, 5) is 22.5. The number of hydrogen-bond acceptors (Lipinski definition) is 5. The van der Waals surface area contributed by atoms with Gasteiger partial charge in [0, 0.05) is 12.2 Å². The number of carboxylic acids is 1. The summed E-state index contributed by atoms with van der Waals surface area (Å²) in [7, 11) is 0. The van der Waals surface area contributed by atoms with Crippen molar-refractivity contribution in [3.8, 4) is 0 Å². The summed E-state index contributed by atoms with van der Waals surface area (Å²) in [6.45, 7) is 0.273. The van der Waals surface area contributed by atoms with Crippen molar-refractivity contribution in [1.82, 2.24) is 15.0 Å². The summed E-state index contributed by atoms with van der Waals surface area (Å²) in [5.74, 6) is -1.20. The summed E-state index contributed by atoms with van der Waals surface area (Å²) in [6.07, 6.45) is 1.51. The number of anilines is 1. The Bertz CT molecular complexity index is 653. The van der Waals surface area contributed by atoms with Crippen molar-refractivity contribution in [1.29, 1.82) is 0 Å². The van der Waals surface area contributed by atoms with E-state index in [4.69, 9.17) is 10.8 Å². The molecule has 0 saturated carbocycles. The van der Waals surface area contributed by atoms with Crippen molar-refractivity contribution >= 4 is 17.6 Å². The highest BCUT2D eigenvalue weighted by atomic mass is 16.4. The zero-order valence-electron chi connectivity index (χ0n) is 11.2. The topological polar surface area (TPSA) is 123 Å². The van der Waals surface area contributed by atoms with Gasteiger partial charge in [-0.2, -0.15) is 0 Å². The second-order valence-corrected chi connectivity index (χ2v) is 4.43. The van der Waals surface area contributed by atoms with Crippen LogP contribution in [0.15, 0.2) is 30.5 Å². The third-order valence-corrected chi connectivity index (χ3v) is 2.67. The number of hydrogen-bond donors (Lipinski definition) is 3. The standard InChI is InChI=1S/C13H15N5O3/c14-6-11-7-18(17-16-11)8-12(19)15-10-3-1-2-9(4-10)5-13(20)21/h1-4,7H,5-6,8,14H2,(H,15,19)(H,20,21). The molecule has 8 nitrogen and oxygen atoms in total. The number of nitrogens with two attached hydrogens (primary N) is 1. The number of carbonyl (C=O) groups is 2. The fourth-order valence-electron chi connectivity index (χ4n) is 1.79. The Morgan fingerprint density at radius 3 is 2.86 bits per heavy atom. The highest BCUT2D eigenvalue weighted by Crippen LogP contribution is 2.11. The lowest BCUT2D eigenvalue weighted by Crippen LogP contribution is -2.19. The van der Waals surface area contributed by atoms with Crippen molar-refractivity contribution < 1.29 is 14.7 Å². The first kappa shape index (κ1) is 14.7. The number of carbonyl (C=O) groups excluding carboxylic acids is 1. The fourth-order valence-corrected chi connectivity index (χ4v) is 1.79. The van der Waals surface area contributed by atoms with Crippen molar-refractivity contribution in [2.24, 2.45) is 5.73 Å². The maximum absolute atomic E-state index is 11.9. The number of amides is 1. The predicted octanol–water partition coefficient (Wildman–Crippen LogP) is 0.00260. The monoisotopic (exact) mass is 289 g/mol. The van der Waals surface area contributed by atoms with Gasteiger partial charge in [0.2, 0.25) is 5.91 Å². The van der Waals surface area contributed by atoms with Crippen LogP contribution in [0.1, 0.15) is 11.3 Å². The minimum atomic E-state index is -0.921. The lowest BCUT2D eigenvalue weighted by atomic mass is 10.1. The van der Waals surface area contributed by atoms with Crippen LogP contribution in [-0.4, -0.2) is 32.0 Å². The predicted molar refractivity (Wildman–Crippen MR) is 74.3 cm³/mol. The molecule has 4 N–H and O–H groups in total. The van der Waals surface area contributed by atoms with Gasteiger partial charge < -0.3 is 16.2 Å². The zero-order chi connectivity index (χ0) is 15.2. The number of carboxylic acid groups (broad SMARTS) is 1. The zero-order valence-corrected chi connectivity index (χ0v) is 11.2. The molecule has 2 rings (SSSR count). The number of nitrogens with one attached hydrogen (secondary N) is 1. The van der Waals surface area contributed by atoms with Gasteiger partial charge in [0.25, 0.3) is 0 Å². The molecule has 1 aromatic carbocycles. The van der Waals surface area contributed by atoms with Gasteiger partial charge in [-0.25, -0.2) is 4.68 Å². The molecule has 0 saturated heterocycles. The van der Waals surface area contributed by atoms with Gasteiger partial charge in [0.15, 0.2) is 0 Å². The van der Waals surface area contributed by atoms with Crippen molar-refractivity contribution in [2.45, 2.75) is 19.5 Å². The first-order valence-electron chi connectivity index (χ1n) is 6.26. The van der Waals surface area contributed by atoms with Crippen LogP contribution in [0, 0.1) is 0 Å². The van der Waals surface area contributed by atoms with Crippen molar-refractivity contribution in [3.63, 3.8) is 0 Å². The number of nitrogens with zero attached hydrogens (tertiary/aromatic N) is 3. The van der Waals surface area contributed by atoms with E-state index in [-0.39, 0.29) is 25.4 Å². The molecule has 0 fully saturated rings. The minimum absolute atomic E-state index is 0.0101. The number of aliphatic carboxylic acids is 1. The minimum Gasteiger partial charge on any atom is -0.481 e. The Morgan fingerprint density at radius 2 is 2.19 bits per heavy atom. The second kappa shape index (κ2) is 6.62. The van der Waals surface area contributed by atoms with Gasteiger partial charge in [0.05, 0.1) is 18.3 Å². The van der Waals surface area contributed by atoms with Gasteiger partial charge >= 0.3 is 5.97 Å². The Morgan fingerprint density at radius 1 is 1.38 bits per heavy atom. The molecule has 0 bridgehead atoms. The summed E-state index contributed by atoms with van der Waals surface area (Å²) >= 11 is 0. The third-order valence-electron chi connectivity index (χ3n) is 2.67. The highest BCUT2D eigenvalue weighted by molar-refractivity contribution is 5.90. The molecule has 8 heteroatoms. The average molecular weight is 289 g/mol. The molecule has 0 aliphatic carbocycles. The van der Waals surface area contributed by atoms with E-state index in [1.807, 2.05) is 0 Å². The van der Waals surface area contributed by atoms with Crippen LogP contribution < -0.4 is 11.1 Å². The summed E-state index contributed by atoms with van der Waals surface area (Å²) in [6, 6.07) is 6.69. The quantitative estimate of drug-likeness (QED) is 0.688. The van der Waals surface area contributed by atoms with E-state index < -0.39 is 5.97 Å². The molecule has 0 radical (unpaired) electrons. The largest absolute Gasteiger partial charge is 0.481 e. The molecule has 21 heavy (non-hydrogen) atoms. The van der Waals surface area contributed by atoms with Crippen LogP contribution in [0.3, 0.4) is 0 Å². The lowest BCUT2D eigenvalue weighted by molar-refractivity contribution is -0.136. The molecule has 0 atom stereocenters. The third kappa shape index (κ3) is 4.39. The number of rotatable bonds is 6. The van der Waals surface area contributed by atoms with E-state index in [1.165, 1.54) is 4.68 Å². The van der Waals surface area contributed by atoms with Gasteiger partial charge in [-0.3, -0.25) is 9.59 Å². The van der Waals surface area contributed by atoms with Crippen molar-refractivity contribution in [3.05, 3.63) is 41.7 Å². The molecular weight excluding hydrogens is 274 g/mol. The summed E-state index contributed by atoms with van der Waals surface area (Å²) < 4.78 is 1.39. The Kier molecular flexibility index (Phi) is 4.62. The first-order valence-corrected chi connectivity index (χ1v) is 6.26. The van der Waals surface area contributed by atoms with Crippen LogP contribution >= 0.6 is 0 Å². The molecule has 110 valence electrons. The molecule has 2 aromatic rings. The van der Waals surface area contributed by atoms with E-state index >= 15 is 0 Å². The van der Waals surface area contributed by atoms with Gasteiger partial charge in [-0.15, -0.1) is 5.10 Å². The van der Waals surface area contributed by atoms with E-state index in [1.54, 1.807) is 30.5 Å². The molecule has 0 aliphatic heterocycles. The summed E-state index contributed by atoms with van der Waals surface area (Å²) in [5.41, 5.74) is 7.17. The number of aromatic nitrogens is 3. The Balaban J connectivity index is 1.97. The van der Waals surface area contributed by atoms with E-state index in [0.717, 1.165) is 0 Å². The van der Waals surface area contributed by atoms with Gasteiger partial charge in [-0.05, 0) is 17.7 Å². The van der Waals surface area contributed by atoms with Crippen LogP contribution in [0.5, 0.6) is 0 Å². The van der Waals surface area contributed by atoms with Crippen molar-refractivity contribution in [2.75, 3.05) is 5.32 Å². The van der Waals surface area contributed by atoms with E-state index in [0.29, 0.717) is 16.9 Å². The van der Waals surface area contributed by atoms with E-state index in [2.05, 4.69) is 15.6 Å². The maximum atomic E-state index is 11.9. The first-order chi connectivity index (χ1) is 10.1. The molecular formula is C13H15N5O3. The molecule has 0 unspecified atom stereocenters. The van der Waals surface area contributed by atoms with Crippen LogP contribution in [0.2, 0.25) is 0 Å². The summed E-state index contributed by atoms with van der Waals surface area (Å²) in [5, 5.41) is 19.0. The van der Waals surface area contributed by atoms with Gasteiger partial charge in [-0.1, -0.05) is 17.3 Å². The normalized spacial score (nSPS) is 10.3. The van der Waals surface area contributed by atoms with Gasteiger partial charge in [0.1, 0.15) is 6.54 Å². The van der Waals surface area contributed by atoms with Crippen LogP contribution in [0.25, 0.3) is 0 Å². The SMILES string of the molecule is NCc1cn(CC(=O)Nc2cccc(CC(=O)O)c2)nn1. The molecule has 0 aliphatic rings. The Hall–Kier alpha value is -2.74. The second-order valence-electron chi connectivity index (χ2n) is 4.43. The molecule has 1 aromatic heterocycles. The maximum Gasteiger partial charge on any atom is 0.307 e. The molecule has 1 heterocycles. The Labute approximate surface area is 120 Å². The van der Waals surface area contributed by atoms with Crippen LogP contribution in [-0.2, 0) is 29.1 Å². The van der Waals surface area contributed by atoms with E-state index in [9.17, 15) is 9.59 Å². The average Bonchev–Trinajstić information content (AvgIpc) is 2.85. The fraction of sp³-hybridized carbons (Fsp3) is 0.231. The lowest BCUT2D eigenvalue weighted by Gasteiger charge is -2.06. The highest BCUT2D eigenvalue weighted by Gasteiger charge is 2.07.